The Morgan fingerprint density at radius 1 is 1.15 bits per heavy atom. The van der Waals surface area contributed by atoms with Gasteiger partial charge in [0, 0.05) is 18.1 Å². The molecule has 2 aromatic rings. The Balaban J connectivity index is 1.57. The highest BCUT2D eigenvalue weighted by Gasteiger charge is 2.36. The third-order valence-corrected chi connectivity index (χ3v) is 5.37. The number of hydrogen-bond donors (Lipinski definition) is 1. The summed E-state index contributed by atoms with van der Waals surface area (Å²) < 4.78 is 10.7. The summed E-state index contributed by atoms with van der Waals surface area (Å²) >= 11 is 11.9. The molecule has 1 aliphatic heterocycles. The summed E-state index contributed by atoms with van der Waals surface area (Å²) in [6, 6.07) is 12.1. The Labute approximate surface area is 168 Å². The summed E-state index contributed by atoms with van der Waals surface area (Å²) in [6.07, 6.45) is 0.870. The van der Waals surface area contributed by atoms with E-state index < -0.39 is 5.60 Å². The number of piperidine rings is 1. The average molecular weight is 410 g/mol. The van der Waals surface area contributed by atoms with Crippen molar-refractivity contribution in [3.63, 3.8) is 0 Å². The van der Waals surface area contributed by atoms with Gasteiger partial charge in [-0.25, -0.2) is 0 Å². The first kappa shape index (κ1) is 19.8. The van der Waals surface area contributed by atoms with E-state index in [2.05, 4.69) is 0 Å². The molecule has 0 spiro atoms. The van der Waals surface area contributed by atoms with Gasteiger partial charge < -0.3 is 19.5 Å². The van der Waals surface area contributed by atoms with E-state index >= 15 is 0 Å². The van der Waals surface area contributed by atoms with Crippen molar-refractivity contribution in [2.45, 2.75) is 18.4 Å². The average Bonchev–Trinajstić information content (AvgIpc) is 2.68. The molecule has 1 saturated heterocycles. The van der Waals surface area contributed by atoms with Gasteiger partial charge in [-0.2, -0.15) is 0 Å². The first-order chi connectivity index (χ1) is 12.9. The number of nitrogens with zero attached hydrogens (tertiary/aromatic N) is 1. The van der Waals surface area contributed by atoms with Crippen LogP contribution in [0.15, 0.2) is 42.5 Å². The molecule has 27 heavy (non-hydrogen) atoms. The fourth-order valence-corrected chi connectivity index (χ4v) is 3.45. The molecule has 1 N–H and O–H groups in total. The van der Waals surface area contributed by atoms with E-state index in [1.165, 1.54) is 7.11 Å². The zero-order chi connectivity index (χ0) is 19.4. The van der Waals surface area contributed by atoms with Gasteiger partial charge in [0.15, 0.2) is 6.61 Å². The monoisotopic (exact) mass is 409 g/mol. The summed E-state index contributed by atoms with van der Waals surface area (Å²) in [4.78, 5) is 14.1. The van der Waals surface area contributed by atoms with Crippen LogP contribution in [0, 0.1) is 0 Å². The summed E-state index contributed by atoms with van der Waals surface area (Å²) in [5.74, 6) is 1.01. The minimum Gasteiger partial charge on any atom is -0.495 e. The molecule has 2 aromatic carbocycles. The number of aliphatic hydroxyl groups is 1. The van der Waals surface area contributed by atoms with Crippen LogP contribution in [-0.4, -0.2) is 42.7 Å². The number of carbonyl (C=O) groups is 1. The van der Waals surface area contributed by atoms with Crippen molar-refractivity contribution in [1.29, 1.82) is 0 Å². The van der Waals surface area contributed by atoms with E-state index in [0.717, 1.165) is 5.56 Å². The van der Waals surface area contributed by atoms with Crippen LogP contribution in [0.2, 0.25) is 10.0 Å². The van der Waals surface area contributed by atoms with Crippen LogP contribution < -0.4 is 9.47 Å². The van der Waals surface area contributed by atoms with Gasteiger partial charge in [0.05, 0.1) is 17.7 Å². The molecular formula is C20H21Cl2NO4. The minimum atomic E-state index is -1.01. The number of carbonyl (C=O) groups excluding carboxylic acids is 1. The Morgan fingerprint density at radius 2 is 1.81 bits per heavy atom. The third kappa shape index (κ3) is 4.67. The summed E-state index contributed by atoms with van der Waals surface area (Å²) in [5, 5.41) is 12.1. The molecule has 1 heterocycles. The molecule has 0 aromatic heterocycles. The van der Waals surface area contributed by atoms with Crippen LogP contribution in [0.1, 0.15) is 18.4 Å². The summed E-state index contributed by atoms with van der Waals surface area (Å²) in [5.41, 5.74) is -0.264. The lowest BCUT2D eigenvalue weighted by Gasteiger charge is -2.38. The van der Waals surface area contributed by atoms with Gasteiger partial charge in [0.1, 0.15) is 11.5 Å². The van der Waals surface area contributed by atoms with Crippen molar-refractivity contribution in [3.05, 3.63) is 58.1 Å². The maximum Gasteiger partial charge on any atom is 0.260 e. The zero-order valence-corrected chi connectivity index (χ0v) is 16.5. The Morgan fingerprint density at radius 3 is 2.44 bits per heavy atom. The van der Waals surface area contributed by atoms with Crippen LogP contribution in [0.5, 0.6) is 11.5 Å². The van der Waals surface area contributed by atoms with Crippen molar-refractivity contribution in [1.82, 2.24) is 4.90 Å². The Kier molecular flexibility index (Phi) is 6.15. The van der Waals surface area contributed by atoms with Gasteiger partial charge in [-0.05, 0) is 54.8 Å². The van der Waals surface area contributed by atoms with Crippen LogP contribution >= 0.6 is 23.2 Å². The number of benzene rings is 2. The normalized spacial score (nSPS) is 16.1. The fourth-order valence-electron chi connectivity index (χ4n) is 3.13. The van der Waals surface area contributed by atoms with Gasteiger partial charge in [-0.15, -0.1) is 0 Å². The molecule has 1 fully saturated rings. The molecule has 3 rings (SSSR count). The number of likely N-dealkylation sites (tertiary alicyclic amines) is 1. The molecule has 0 bridgehead atoms. The standard InChI is InChI=1S/C20H21Cl2NO4/c1-26-18-12-14(2-7-17(18)22)20(25)8-10-23(11-9-20)19(24)13-27-16-5-3-15(21)4-6-16/h2-7,12,25H,8-11,13H2,1H3. The van der Waals surface area contributed by atoms with Crippen molar-refractivity contribution in [2.75, 3.05) is 26.8 Å². The van der Waals surface area contributed by atoms with Gasteiger partial charge in [-0.3, -0.25) is 4.79 Å². The molecule has 1 amide bonds. The van der Waals surface area contributed by atoms with Crippen molar-refractivity contribution < 1.29 is 19.4 Å². The first-order valence-electron chi connectivity index (χ1n) is 8.64. The molecule has 144 valence electrons. The minimum absolute atomic E-state index is 0.0468. The Hall–Kier alpha value is -1.95. The quantitative estimate of drug-likeness (QED) is 0.813. The number of halogens is 2. The molecule has 0 atom stereocenters. The Bertz CT molecular complexity index is 802. The molecule has 5 nitrogen and oxygen atoms in total. The van der Waals surface area contributed by atoms with Crippen molar-refractivity contribution in [3.8, 4) is 11.5 Å². The highest BCUT2D eigenvalue weighted by molar-refractivity contribution is 6.32. The van der Waals surface area contributed by atoms with Gasteiger partial charge in [-0.1, -0.05) is 29.3 Å². The maximum absolute atomic E-state index is 12.4. The second kappa shape index (κ2) is 8.38. The fraction of sp³-hybridized carbons (Fsp3) is 0.350. The van der Waals surface area contributed by atoms with Gasteiger partial charge in [0.2, 0.25) is 0 Å². The highest BCUT2D eigenvalue weighted by Crippen LogP contribution is 2.36. The summed E-state index contributed by atoms with van der Waals surface area (Å²) in [7, 11) is 1.54. The number of amides is 1. The zero-order valence-electron chi connectivity index (χ0n) is 15.0. The maximum atomic E-state index is 12.4. The van der Waals surface area contributed by atoms with E-state index in [0.29, 0.717) is 47.5 Å². The molecular weight excluding hydrogens is 389 g/mol. The lowest BCUT2D eigenvalue weighted by Crippen LogP contribution is -2.46. The third-order valence-electron chi connectivity index (χ3n) is 4.81. The van der Waals surface area contributed by atoms with Crippen molar-refractivity contribution >= 4 is 29.1 Å². The summed E-state index contributed by atoms with van der Waals surface area (Å²) in [6.45, 7) is 0.851. The van der Waals surface area contributed by atoms with Crippen LogP contribution in [0.4, 0.5) is 0 Å². The van der Waals surface area contributed by atoms with Gasteiger partial charge >= 0.3 is 0 Å². The molecule has 0 aliphatic carbocycles. The lowest BCUT2D eigenvalue weighted by molar-refractivity contribution is -0.137. The van der Waals surface area contributed by atoms with E-state index in [-0.39, 0.29) is 12.5 Å². The second-order valence-corrected chi connectivity index (χ2v) is 7.35. The van der Waals surface area contributed by atoms with Crippen LogP contribution in [-0.2, 0) is 10.4 Å². The number of hydrogen-bond acceptors (Lipinski definition) is 4. The van der Waals surface area contributed by atoms with E-state index in [1.54, 1.807) is 47.4 Å². The molecule has 0 radical (unpaired) electrons. The van der Waals surface area contributed by atoms with Gasteiger partial charge in [0.25, 0.3) is 5.91 Å². The number of ether oxygens (including phenoxy) is 2. The highest BCUT2D eigenvalue weighted by atomic mass is 35.5. The predicted molar refractivity (Wildman–Crippen MR) is 105 cm³/mol. The topological polar surface area (TPSA) is 59.0 Å². The van der Waals surface area contributed by atoms with E-state index in [4.69, 9.17) is 32.7 Å². The molecule has 0 saturated carbocycles. The van der Waals surface area contributed by atoms with Crippen molar-refractivity contribution in [2.24, 2.45) is 0 Å². The van der Waals surface area contributed by atoms with E-state index in [9.17, 15) is 9.90 Å². The second-order valence-electron chi connectivity index (χ2n) is 6.50. The van der Waals surface area contributed by atoms with Crippen LogP contribution in [0.25, 0.3) is 0 Å². The predicted octanol–water partition coefficient (Wildman–Crippen LogP) is 3.89. The largest absolute Gasteiger partial charge is 0.495 e. The molecule has 1 aliphatic rings. The molecule has 7 heteroatoms. The first-order valence-corrected chi connectivity index (χ1v) is 9.39. The number of methoxy groups -OCH3 is 1. The molecule has 0 unspecified atom stereocenters. The van der Waals surface area contributed by atoms with Crippen LogP contribution in [0.3, 0.4) is 0 Å². The number of rotatable bonds is 5. The smallest absolute Gasteiger partial charge is 0.260 e. The van der Waals surface area contributed by atoms with E-state index in [1.807, 2.05) is 0 Å². The SMILES string of the molecule is COc1cc(C2(O)CCN(C(=O)COc3ccc(Cl)cc3)CC2)ccc1Cl. The lowest BCUT2D eigenvalue weighted by atomic mass is 9.84.